The number of hydrazone groups is 1. The monoisotopic (exact) mass is 472 g/mol. The van der Waals surface area contributed by atoms with Crippen molar-refractivity contribution in [2.24, 2.45) is 5.10 Å². The molecule has 0 saturated heterocycles. The molecule has 0 saturated carbocycles. The van der Waals surface area contributed by atoms with E-state index in [1.165, 1.54) is 25.5 Å². The molecule has 2 aromatic carbocycles. The summed E-state index contributed by atoms with van der Waals surface area (Å²) in [4.78, 5) is 22.3. The van der Waals surface area contributed by atoms with E-state index in [1.807, 2.05) is 0 Å². The van der Waals surface area contributed by atoms with Crippen LogP contribution in [0.2, 0.25) is 0 Å². The van der Waals surface area contributed by atoms with Gasteiger partial charge in [-0.3, -0.25) is 14.9 Å². The molecule has 1 aromatic heterocycles. The minimum Gasteiger partial charge on any atom is -0.493 e. The van der Waals surface area contributed by atoms with Crippen LogP contribution in [0.25, 0.3) is 5.69 Å². The van der Waals surface area contributed by atoms with Crippen molar-refractivity contribution >= 4 is 33.7 Å². The first-order valence-electron chi connectivity index (χ1n) is 8.68. The van der Waals surface area contributed by atoms with E-state index in [4.69, 9.17) is 9.47 Å². The molecule has 0 aliphatic rings. The van der Waals surface area contributed by atoms with Gasteiger partial charge in [0, 0.05) is 28.5 Å². The quantitative estimate of drug-likeness (QED) is 0.305. The fraction of sp³-hybridized carbons (Fsp3) is 0.100. The number of hydrogen-bond donors (Lipinski definition) is 1. The highest BCUT2D eigenvalue weighted by atomic mass is 79.9. The second-order valence-corrected chi connectivity index (χ2v) is 6.87. The number of carbonyl (C=O) groups excluding carboxylic acids is 1. The van der Waals surface area contributed by atoms with Crippen LogP contribution in [0.15, 0.2) is 70.4 Å². The zero-order valence-corrected chi connectivity index (χ0v) is 17.4. The highest BCUT2D eigenvalue weighted by Crippen LogP contribution is 2.30. The maximum absolute atomic E-state index is 12.0. The summed E-state index contributed by atoms with van der Waals surface area (Å²) in [5, 5.41) is 14.7. The van der Waals surface area contributed by atoms with Gasteiger partial charge in [-0.15, -0.1) is 0 Å². The van der Waals surface area contributed by atoms with E-state index >= 15 is 0 Å². The average Bonchev–Trinajstić information content (AvgIpc) is 3.21. The number of carbonyl (C=O) groups is 1. The standard InChI is InChI=1S/C20H17BrN4O5/c1-29-19-11-14(21)4-9-18(19)30-13-20(26)23-22-12-17-3-2-10-24(17)15-5-7-16(8-6-15)25(27)28/h2-12H,13H2,1H3,(H,23,26)/b22-12+. The number of benzene rings is 2. The van der Waals surface area contributed by atoms with Gasteiger partial charge >= 0.3 is 0 Å². The fourth-order valence-electron chi connectivity index (χ4n) is 2.58. The highest BCUT2D eigenvalue weighted by molar-refractivity contribution is 9.10. The fourth-order valence-corrected chi connectivity index (χ4v) is 2.92. The van der Waals surface area contributed by atoms with Gasteiger partial charge in [0.15, 0.2) is 18.1 Å². The molecule has 10 heteroatoms. The van der Waals surface area contributed by atoms with Crippen molar-refractivity contribution in [3.8, 4) is 17.2 Å². The van der Waals surface area contributed by atoms with Crippen LogP contribution >= 0.6 is 15.9 Å². The number of methoxy groups -OCH3 is 1. The minimum absolute atomic E-state index is 0.00999. The molecule has 0 bridgehead atoms. The largest absolute Gasteiger partial charge is 0.493 e. The summed E-state index contributed by atoms with van der Waals surface area (Å²) in [6.07, 6.45) is 3.26. The molecule has 0 spiro atoms. The van der Waals surface area contributed by atoms with Crippen LogP contribution in [0.4, 0.5) is 5.69 Å². The Labute approximate surface area is 180 Å². The molecule has 1 N–H and O–H groups in total. The number of nitro groups is 1. The summed E-state index contributed by atoms with van der Waals surface area (Å²) < 4.78 is 13.3. The number of halogens is 1. The van der Waals surface area contributed by atoms with E-state index in [0.717, 1.165) is 10.2 Å². The third kappa shape index (κ3) is 5.23. The summed E-state index contributed by atoms with van der Waals surface area (Å²) in [5.41, 5.74) is 3.81. The molecule has 0 unspecified atom stereocenters. The van der Waals surface area contributed by atoms with Crippen molar-refractivity contribution in [2.75, 3.05) is 13.7 Å². The van der Waals surface area contributed by atoms with Crippen LogP contribution < -0.4 is 14.9 Å². The minimum atomic E-state index is -0.455. The predicted octanol–water partition coefficient (Wildman–Crippen LogP) is 3.69. The molecular weight excluding hydrogens is 456 g/mol. The van der Waals surface area contributed by atoms with Gasteiger partial charge in [0.1, 0.15) is 0 Å². The van der Waals surface area contributed by atoms with Crippen molar-refractivity contribution in [1.29, 1.82) is 0 Å². The van der Waals surface area contributed by atoms with Gasteiger partial charge in [-0.05, 0) is 42.5 Å². The van der Waals surface area contributed by atoms with Gasteiger partial charge in [-0.25, -0.2) is 5.43 Å². The van der Waals surface area contributed by atoms with Crippen LogP contribution in [0, 0.1) is 10.1 Å². The van der Waals surface area contributed by atoms with Crippen LogP contribution in [-0.4, -0.2) is 35.3 Å². The molecule has 3 aromatic rings. The Morgan fingerprint density at radius 1 is 1.23 bits per heavy atom. The Kier molecular flexibility index (Phi) is 6.81. The molecule has 1 amide bonds. The Hall–Kier alpha value is -3.66. The normalized spacial score (nSPS) is 10.7. The second kappa shape index (κ2) is 9.70. The molecule has 154 valence electrons. The van der Waals surface area contributed by atoms with Crippen LogP contribution in [-0.2, 0) is 4.79 Å². The summed E-state index contributed by atoms with van der Waals surface area (Å²) in [5.74, 6) is 0.498. The van der Waals surface area contributed by atoms with Crippen molar-refractivity contribution in [1.82, 2.24) is 9.99 Å². The summed E-state index contributed by atoms with van der Waals surface area (Å²) >= 11 is 3.34. The van der Waals surface area contributed by atoms with Crippen molar-refractivity contribution in [2.45, 2.75) is 0 Å². The lowest BCUT2D eigenvalue weighted by atomic mass is 10.3. The van der Waals surface area contributed by atoms with E-state index < -0.39 is 10.8 Å². The second-order valence-electron chi connectivity index (χ2n) is 5.95. The molecule has 1 heterocycles. The summed E-state index contributed by atoms with van der Waals surface area (Å²) in [6, 6.07) is 14.9. The smallest absolute Gasteiger partial charge is 0.277 e. The SMILES string of the molecule is COc1cc(Br)ccc1OCC(=O)N/N=C/c1cccn1-c1ccc([N+](=O)[O-])cc1. The molecular formula is C20H17BrN4O5. The number of nitrogens with zero attached hydrogens (tertiary/aromatic N) is 3. The van der Waals surface area contributed by atoms with E-state index in [9.17, 15) is 14.9 Å². The number of nitro benzene ring substituents is 1. The average molecular weight is 473 g/mol. The molecule has 0 radical (unpaired) electrons. The van der Waals surface area contributed by atoms with Gasteiger partial charge in [-0.1, -0.05) is 15.9 Å². The van der Waals surface area contributed by atoms with Gasteiger partial charge in [0.2, 0.25) is 0 Å². The number of hydrogen-bond acceptors (Lipinski definition) is 6. The van der Waals surface area contributed by atoms with E-state index in [0.29, 0.717) is 17.2 Å². The Bertz CT molecular complexity index is 1080. The first-order chi connectivity index (χ1) is 14.5. The molecule has 3 rings (SSSR count). The number of aromatic nitrogens is 1. The molecule has 0 atom stereocenters. The highest BCUT2D eigenvalue weighted by Gasteiger charge is 2.09. The lowest BCUT2D eigenvalue weighted by Gasteiger charge is -2.10. The Balaban J connectivity index is 1.59. The molecule has 0 aliphatic heterocycles. The maximum Gasteiger partial charge on any atom is 0.277 e. The number of ether oxygens (including phenoxy) is 2. The zero-order valence-electron chi connectivity index (χ0n) is 15.8. The van der Waals surface area contributed by atoms with Gasteiger partial charge < -0.3 is 14.0 Å². The summed E-state index contributed by atoms with van der Waals surface area (Å²) in [6.45, 7) is -0.237. The van der Waals surface area contributed by atoms with E-state index in [1.54, 1.807) is 53.2 Å². The zero-order chi connectivity index (χ0) is 21.5. The molecule has 30 heavy (non-hydrogen) atoms. The van der Waals surface area contributed by atoms with E-state index in [2.05, 4.69) is 26.5 Å². The predicted molar refractivity (Wildman–Crippen MR) is 114 cm³/mol. The Morgan fingerprint density at radius 2 is 2.00 bits per heavy atom. The number of non-ortho nitro benzene ring substituents is 1. The van der Waals surface area contributed by atoms with E-state index in [-0.39, 0.29) is 12.3 Å². The first-order valence-corrected chi connectivity index (χ1v) is 9.47. The topological polar surface area (TPSA) is 108 Å². The van der Waals surface area contributed by atoms with Crippen LogP contribution in [0.1, 0.15) is 5.69 Å². The third-order valence-electron chi connectivity index (χ3n) is 3.99. The van der Waals surface area contributed by atoms with Crippen molar-refractivity contribution in [3.63, 3.8) is 0 Å². The van der Waals surface area contributed by atoms with Gasteiger partial charge in [0.05, 0.1) is 23.9 Å². The lowest BCUT2D eigenvalue weighted by molar-refractivity contribution is -0.384. The number of nitrogens with one attached hydrogen (secondary N) is 1. The summed E-state index contributed by atoms with van der Waals surface area (Å²) in [7, 11) is 1.51. The Morgan fingerprint density at radius 3 is 2.70 bits per heavy atom. The van der Waals surface area contributed by atoms with Crippen LogP contribution in [0.3, 0.4) is 0 Å². The molecule has 0 fully saturated rings. The lowest BCUT2D eigenvalue weighted by Crippen LogP contribution is -2.24. The number of amides is 1. The van der Waals surface area contributed by atoms with Gasteiger partial charge in [0.25, 0.3) is 11.6 Å². The third-order valence-corrected chi connectivity index (χ3v) is 4.48. The van der Waals surface area contributed by atoms with Crippen molar-refractivity contribution in [3.05, 3.63) is 81.1 Å². The van der Waals surface area contributed by atoms with Crippen molar-refractivity contribution < 1.29 is 19.2 Å². The maximum atomic E-state index is 12.0. The molecule has 0 aliphatic carbocycles. The first kappa shape index (κ1) is 21.1. The van der Waals surface area contributed by atoms with Gasteiger partial charge in [-0.2, -0.15) is 5.10 Å². The molecule has 9 nitrogen and oxygen atoms in total. The number of rotatable bonds is 8. The van der Waals surface area contributed by atoms with Crippen LogP contribution in [0.5, 0.6) is 11.5 Å².